The Balaban J connectivity index is 2.08. The van der Waals surface area contributed by atoms with Gasteiger partial charge in [-0.15, -0.1) is 0 Å². The minimum absolute atomic E-state index is 0.0190. The van der Waals surface area contributed by atoms with Gasteiger partial charge in [-0.25, -0.2) is 14.2 Å². The number of rotatable bonds is 6. The summed E-state index contributed by atoms with van der Waals surface area (Å²) in [5, 5.41) is 12.5. The van der Waals surface area contributed by atoms with Crippen molar-refractivity contribution in [3.8, 4) is 0 Å². The second kappa shape index (κ2) is 7.94. The number of aldehydes is 1. The number of halogens is 2. The average Bonchev–Trinajstić information content (AvgIpc) is 2.67. The number of carbonyl (C=O) groups is 2. The number of aliphatic hydroxyl groups excluding tert-OH is 1. The Morgan fingerprint density at radius 1 is 1.22 bits per heavy atom. The number of hydrogen-bond acceptors (Lipinski definition) is 4. The summed E-state index contributed by atoms with van der Waals surface area (Å²) in [5.41, 5.74) is 1.77. The molecule has 1 aliphatic rings. The third kappa shape index (κ3) is 3.61. The molecule has 0 unspecified atom stereocenters. The van der Waals surface area contributed by atoms with Crippen molar-refractivity contribution in [1.29, 1.82) is 0 Å². The summed E-state index contributed by atoms with van der Waals surface area (Å²) in [7, 11) is 1.60. The summed E-state index contributed by atoms with van der Waals surface area (Å²) >= 11 is 6.13. The van der Waals surface area contributed by atoms with E-state index in [1.54, 1.807) is 36.3 Å². The van der Waals surface area contributed by atoms with Crippen molar-refractivity contribution in [1.82, 2.24) is 5.01 Å². The van der Waals surface area contributed by atoms with Crippen LogP contribution in [0.25, 0.3) is 0 Å². The Kier molecular flexibility index (Phi) is 5.62. The number of urea groups is 1. The fourth-order valence-electron chi connectivity index (χ4n) is 3.08. The molecule has 8 heteroatoms. The predicted octanol–water partition coefficient (Wildman–Crippen LogP) is 3.47. The molecule has 0 bridgehead atoms. The predicted molar refractivity (Wildman–Crippen MR) is 102 cm³/mol. The first-order valence-electron chi connectivity index (χ1n) is 8.43. The normalized spacial score (nSPS) is 13.8. The zero-order chi connectivity index (χ0) is 19.6. The molecule has 1 N–H and O–H groups in total. The Morgan fingerprint density at radius 2 is 2.00 bits per heavy atom. The number of fused-ring (bicyclic) bond motifs is 1. The molecule has 0 aliphatic carbocycles. The van der Waals surface area contributed by atoms with E-state index in [-0.39, 0.29) is 29.8 Å². The number of anilines is 2. The van der Waals surface area contributed by atoms with Crippen LogP contribution < -0.4 is 9.91 Å². The second-order valence-electron chi connectivity index (χ2n) is 6.16. The number of hydrogen-bond donors (Lipinski definition) is 1. The van der Waals surface area contributed by atoms with Gasteiger partial charge in [0.05, 0.1) is 17.9 Å². The molecule has 2 aromatic rings. The summed E-state index contributed by atoms with van der Waals surface area (Å²) < 4.78 is 14.3. The molecular weight excluding hydrogens is 373 g/mol. The van der Waals surface area contributed by atoms with Crippen LogP contribution in [-0.2, 0) is 6.54 Å². The highest BCUT2D eigenvalue weighted by Gasteiger charge is 2.34. The lowest BCUT2D eigenvalue weighted by atomic mass is 10.1. The number of nitrogens with zero attached hydrogens (tertiary/aromatic N) is 3. The molecule has 0 fully saturated rings. The number of amides is 2. The Morgan fingerprint density at radius 3 is 2.67 bits per heavy atom. The summed E-state index contributed by atoms with van der Waals surface area (Å²) in [6.07, 6.45) is 1.15. The summed E-state index contributed by atoms with van der Waals surface area (Å²) in [6, 6.07) is 8.94. The first-order chi connectivity index (χ1) is 13.0. The van der Waals surface area contributed by atoms with Gasteiger partial charge in [0, 0.05) is 36.3 Å². The smallest absolute Gasteiger partial charge is 0.343 e. The van der Waals surface area contributed by atoms with Crippen LogP contribution in [0.3, 0.4) is 0 Å². The molecule has 142 valence electrons. The van der Waals surface area contributed by atoms with Crippen molar-refractivity contribution in [2.45, 2.75) is 13.0 Å². The van der Waals surface area contributed by atoms with Gasteiger partial charge in [-0.3, -0.25) is 14.7 Å². The second-order valence-corrected chi connectivity index (χ2v) is 6.57. The summed E-state index contributed by atoms with van der Waals surface area (Å²) in [5.74, 6) is -0.506. The van der Waals surface area contributed by atoms with Gasteiger partial charge in [0.15, 0.2) is 0 Å². The molecule has 1 aliphatic heterocycles. The fourth-order valence-corrected chi connectivity index (χ4v) is 3.30. The highest BCUT2D eigenvalue weighted by molar-refractivity contribution is 6.31. The van der Waals surface area contributed by atoms with E-state index in [1.807, 2.05) is 0 Å². The van der Waals surface area contributed by atoms with E-state index in [1.165, 1.54) is 22.0 Å². The molecule has 0 spiro atoms. The molecule has 27 heavy (non-hydrogen) atoms. The third-order valence-corrected chi connectivity index (χ3v) is 4.83. The van der Waals surface area contributed by atoms with E-state index >= 15 is 0 Å². The van der Waals surface area contributed by atoms with E-state index in [2.05, 4.69) is 0 Å². The Bertz CT molecular complexity index is 857. The minimum Gasteiger partial charge on any atom is -0.396 e. The quantitative estimate of drug-likeness (QED) is 0.766. The molecule has 0 saturated carbocycles. The first kappa shape index (κ1) is 19.1. The lowest BCUT2D eigenvalue weighted by Crippen LogP contribution is -2.55. The number of hydrazine groups is 1. The molecule has 0 saturated heterocycles. The fraction of sp³-hybridized carbons (Fsp3) is 0.263. The number of carbonyl (C=O) groups excluding carboxylic acids is 2. The van der Waals surface area contributed by atoms with Gasteiger partial charge in [0.2, 0.25) is 0 Å². The van der Waals surface area contributed by atoms with Crippen LogP contribution in [0.2, 0.25) is 5.02 Å². The summed E-state index contributed by atoms with van der Waals surface area (Å²) in [6.45, 7) is 0.327. The third-order valence-electron chi connectivity index (χ3n) is 4.48. The topological polar surface area (TPSA) is 64.1 Å². The number of aliphatic hydroxyl groups is 1. The van der Waals surface area contributed by atoms with E-state index in [4.69, 9.17) is 16.7 Å². The highest BCUT2D eigenvalue weighted by Crippen LogP contribution is 2.38. The molecule has 2 amide bonds. The van der Waals surface area contributed by atoms with Gasteiger partial charge in [-0.2, -0.15) is 0 Å². The lowest BCUT2D eigenvalue weighted by Gasteiger charge is -2.44. The Labute approximate surface area is 161 Å². The molecule has 2 aromatic carbocycles. The number of benzene rings is 2. The largest absolute Gasteiger partial charge is 0.396 e. The maximum Gasteiger partial charge on any atom is 0.343 e. The molecule has 0 atom stereocenters. The van der Waals surface area contributed by atoms with Gasteiger partial charge >= 0.3 is 6.03 Å². The van der Waals surface area contributed by atoms with Crippen LogP contribution in [0.15, 0.2) is 36.4 Å². The van der Waals surface area contributed by atoms with Crippen LogP contribution in [-0.4, -0.2) is 42.6 Å². The Hall–Kier alpha value is -2.64. The molecule has 0 aromatic heterocycles. The van der Waals surface area contributed by atoms with Crippen LogP contribution in [0.4, 0.5) is 20.6 Å². The van der Waals surface area contributed by atoms with E-state index in [0.29, 0.717) is 36.2 Å². The van der Waals surface area contributed by atoms with Crippen molar-refractivity contribution in [2.24, 2.45) is 0 Å². The van der Waals surface area contributed by atoms with Crippen molar-refractivity contribution in [3.05, 3.63) is 58.4 Å². The molecular formula is C19H19ClFN3O3. The van der Waals surface area contributed by atoms with Gasteiger partial charge in [0.1, 0.15) is 12.1 Å². The van der Waals surface area contributed by atoms with Crippen LogP contribution in [0.1, 0.15) is 22.3 Å². The monoisotopic (exact) mass is 391 g/mol. The molecule has 1 heterocycles. The standard InChI is InChI=1S/C19H19ClFN3O3/c1-22-19(27)23(11-14-15(20)4-2-5-16(14)21)18-10-13(12-26)6-7-17(18)24(22)8-3-9-25/h2,4-7,10,12,25H,3,8-9,11H2,1H3. The van der Waals surface area contributed by atoms with Crippen molar-refractivity contribution >= 4 is 35.3 Å². The van der Waals surface area contributed by atoms with E-state index in [9.17, 15) is 14.0 Å². The first-order valence-corrected chi connectivity index (χ1v) is 8.81. The average molecular weight is 392 g/mol. The van der Waals surface area contributed by atoms with E-state index < -0.39 is 5.82 Å². The highest BCUT2D eigenvalue weighted by atomic mass is 35.5. The van der Waals surface area contributed by atoms with Crippen molar-refractivity contribution < 1.29 is 19.1 Å². The van der Waals surface area contributed by atoms with Crippen LogP contribution in [0, 0.1) is 5.82 Å². The van der Waals surface area contributed by atoms with Gasteiger partial charge in [0.25, 0.3) is 0 Å². The van der Waals surface area contributed by atoms with Crippen molar-refractivity contribution in [3.63, 3.8) is 0 Å². The van der Waals surface area contributed by atoms with Crippen molar-refractivity contribution in [2.75, 3.05) is 30.1 Å². The SMILES string of the molecule is CN1C(=O)N(Cc2c(F)cccc2Cl)c2cc(C=O)ccc2N1CCCO. The van der Waals surface area contributed by atoms with Crippen LogP contribution in [0.5, 0.6) is 0 Å². The minimum atomic E-state index is -0.506. The van der Waals surface area contributed by atoms with Gasteiger partial charge < -0.3 is 5.11 Å². The zero-order valence-corrected chi connectivity index (χ0v) is 15.5. The molecule has 0 radical (unpaired) electrons. The van der Waals surface area contributed by atoms with E-state index in [0.717, 1.165) is 0 Å². The molecule has 6 nitrogen and oxygen atoms in total. The van der Waals surface area contributed by atoms with Gasteiger partial charge in [-0.05, 0) is 36.8 Å². The maximum absolute atomic E-state index is 14.3. The van der Waals surface area contributed by atoms with Crippen LogP contribution >= 0.6 is 11.6 Å². The summed E-state index contributed by atoms with van der Waals surface area (Å²) in [4.78, 5) is 25.6. The zero-order valence-electron chi connectivity index (χ0n) is 14.7. The maximum atomic E-state index is 14.3. The molecule has 3 rings (SSSR count). The lowest BCUT2D eigenvalue weighted by molar-refractivity contribution is 0.112. The van der Waals surface area contributed by atoms with Gasteiger partial charge in [-0.1, -0.05) is 17.7 Å².